The summed E-state index contributed by atoms with van der Waals surface area (Å²) in [5, 5.41) is 20.7. The van der Waals surface area contributed by atoms with Gasteiger partial charge in [0.25, 0.3) is 6.43 Å². The van der Waals surface area contributed by atoms with E-state index in [2.05, 4.69) is 4.98 Å². The Balaban J connectivity index is 0.000000499. The van der Waals surface area contributed by atoms with Crippen LogP contribution in [0.2, 0.25) is 0 Å². The highest BCUT2D eigenvalue weighted by Crippen LogP contribution is 2.43. The van der Waals surface area contributed by atoms with Gasteiger partial charge in [-0.2, -0.15) is 0 Å². The zero-order chi connectivity index (χ0) is 24.5. The van der Waals surface area contributed by atoms with Crippen LogP contribution in [0.1, 0.15) is 43.9 Å². The highest BCUT2D eigenvalue weighted by Gasteiger charge is 2.24. The molecule has 0 fully saturated rings. The van der Waals surface area contributed by atoms with Crippen LogP contribution >= 0.6 is 0 Å². The predicted molar refractivity (Wildman–Crippen MR) is 132 cm³/mol. The van der Waals surface area contributed by atoms with E-state index in [-0.39, 0.29) is 18.6 Å². The molecule has 178 valence electrons. The number of alkyl halides is 2. The van der Waals surface area contributed by atoms with Crippen LogP contribution in [0.15, 0.2) is 54.7 Å². The van der Waals surface area contributed by atoms with Crippen molar-refractivity contribution in [2.24, 2.45) is 0 Å². The van der Waals surface area contributed by atoms with Crippen LogP contribution in [0, 0.1) is 0 Å². The predicted octanol–water partition coefficient (Wildman–Crippen LogP) is 6.24. The smallest absolute Gasteiger partial charge is 0.264 e. The van der Waals surface area contributed by atoms with Gasteiger partial charge in [-0.15, -0.1) is 0 Å². The Hall–Kier alpha value is -3.09. The molecule has 0 atom stereocenters. The molecule has 4 nitrogen and oxygen atoms in total. The number of hydrogen-bond donors (Lipinski definition) is 2. The Bertz CT molecular complexity index is 1310. The van der Waals surface area contributed by atoms with E-state index in [9.17, 15) is 13.9 Å². The maximum atomic E-state index is 14.0. The van der Waals surface area contributed by atoms with Gasteiger partial charge in [0.05, 0.1) is 17.7 Å². The van der Waals surface area contributed by atoms with Gasteiger partial charge < -0.3 is 14.9 Å². The Morgan fingerprint density at radius 1 is 1.09 bits per heavy atom. The number of benzene rings is 3. The number of aromatic nitrogens is 1. The lowest BCUT2D eigenvalue weighted by atomic mass is 9.86. The Morgan fingerprint density at radius 2 is 1.82 bits per heavy atom. The molecule has 1 aliphatic heterocycles. The van der Waals surface area contributed by atoms with Crippen molar-refractivity contribution in [1.29, 1.82) is 0 Å². The molecule has 0 spiro atoms. The molecule has 5 rings (SSSR count). The first-order chi connectivity index (χ1) is 16.2. The Morgan fingerprint density at radius 3 is 2.53 bits per heavy atom. The first-order valence-corrected chi connectivity index (χ1v) is 11.4. The number of rotatable bonds is 4. The van der Waals surface area contributed by atoms with Gasteiger partial charge in [-0.1, -0.05) is 24.3 Å². The minimum atomic E-state index is -2.63. The van der Waals surface area contributed by atoms with Crippen LogP contribution in [-0.4, -0.2) is 34.0 Å². The number of pyridine rings is 1. The van der Waals surface area contributed by atoms with Gasteiger partial charge in [0.15, 0.2) is 0 Å². The molecule has 2 N–H and O–H groups in total. The molecular weight excluding hydrogens is 436 g/mol. The molecule has 0 saturated heterocycles. The van der Waals surface area contributed by atoms with Crippen LogP contribution < -0.4 is 4.74 Å². The Labute approximate surface area is 197 Å². The molecule has 0 amide bonds. The van der Waals surface area contributed by atoms with Crippen LogP contribution in [0.5, 0.6) is 5.75 Å². The standard InChI is InChI=1S/C24H19F2NO2.C4H10O/c25-24(26)19-13-15-3-1-2-4-16(15)22(17(19)8-11-28)18-5-6-20-21-14(9-12-29-20)7-10-27-23(18)21;1-4(2,3)5/h1-7,10,13,24,28H,8-9,11-12H2;5H,1-3H3. The third-order valence-electron chi connectivity index (χ3n) is 5.63. The summed E-state index contributed by atoms with van der Waals surface area (Å²) in [6.45, 7) is 5.64. The van der Waals surface area contributed by atoms with Crippen molar-refractivity contribution >= 4 is 21.7 Å². The van der Waals surface area contributed by atoms with Gasteiger partial charge >= 0.3 is 0 Å². The molecule has 1 aromatic heterocycles. The van der Waals surface area contributed by atoms with E-state index < -0.39 is 12.0 Å². The third-order valence-corrected chi connectivity index (χ3v) is 5.63. The van der Waals surface area contributed by atoms with Gasteiger partial charge in [-0.25, -0.2) is 8.78 Å². The fourth-order valence-electron chi connectivity index (χ4n) is 4.40. The molecule has 0 saturated carbocycles. The topological polar surface area (TPSA) is 62.6 Å². The fraction of sp³-hybridized carbons (Fsp3) is 0.321. The molecule has 0 unspecified atom stereocenters. The van der Waals surface area contributed by atoms with Crippen molar-refractivity contribution in [3.05, 3.63) is 71.4 Å². The van der Waals surface area contributed by atoms with E-state index in [0.717, 1.165) is 45.0 Å². The number of halogens is 2. The first kappa shape index (κ1) is 24.0. The number of hydrogen-bond acceptors (Lipinski definition) is 4. The molecule has 0 radical (unpaired) electrons. The summed E-state index contributed by atoms with van der Waals surface area (Å²) in [4.78, 5) is 4.61. The summed E-state index contributed by atoms with van der Waals surface area (Å²) in [6.07, 6.45) is 0.0770. The first-order valence-electron chi connectivity index (χ1n) is 11.4. The average Bonchev–Trinajstić information content (AvgIpc) is 2.79. The summed E-state index contributed by atoms with van der Waals surface area (Å²) in [7, 11) is 0. The average molecular weight is 466 g/mol. The van der Waals surface area contributed by atoms with E-state index in [1.54, 1.807) is 27.0 Å². The van der Waals surface area contributed by atoms with Crippen molar-refractivity contribution in [1.82, 2.24) is 4.98 Å². The van der Waals surface area contributed by atoms with Crippen molar-refractivity contribution in [3.63, 3.8) is 0 Å². The van der Waals surface area contributed by atoms with Gasteiger partial charge in [0.2, 0.25) is 0 Å². The van der Waals surface area contributed by atoms with Crippen LogP contribution in [-0.2, 0) is 12.8 Å². The summed E-state index contributed by atoms with van der Waals surface area (Å²) < 4.78 is 33.7. The second-order valence-electron chi connectivity index (χ2n) is 9.39. The zero-order valence-corrected chi connectivity index (χ0v) is 19.6. The van der Waals surface area contributed by atoms with Gasteiger partial charge in [0.1, 0.15) is 5.75 Å². The quantitative estimate of drug-likeness (QED) is 0.375. The Kier molecular flexibility index (Phi) is 6.82. The monoisotopic (exact) mass is 465 g/mol. The summed E-state index contributed by atoms with van der Waals surface area (Å²) in [6, 6.07) is 14.8. The number of ether oxygens (including phenoxy) is 1. The van der Waals surface area contributed by atoms with Crippen LogP contribution in [0.4, 0.5) is 8.78 Å². The van der Waals surface area contributed by atoms with E-state index in [1.807, 2.05) is 42.5 Å². The number of nitrogens with zero attached hydrogens (tertiary/aromatic N) is 1. The molecule has 1 aliphatic rings. The molecular formula is C28H29F2NO3. The van der Waals surface area contributed by atoms with E-state index >= 15 is 0 Å². The molecule has 6 heteroatoms. The number of aliphatic hydroxyl groups excluding tert-OH is 1. The second kappa shape index (κ2) is 9.65. The minimum Gasteiger partial charge on any atom is -0.493 e. The van der Waals surface area contributed by atoms with E-state index in [0.29, 0.717) is 17.7 Å². The SMILES string of the molecule is CC(C)(C)O.OCCc1c(C(F)F)cc2ccccc2c1-c1ccc2c3c(ccnc13)CCO2. The van der Waals surface area contributed by atoms with Crippen molar-refractivity contribution < 1.29 is 23.7 Å². The van der Waals surface area contributed by atoms with Crippen LogP contribution in [0.25, 0.3) is 32.8 Å². The van der Waals surface area contributed by atoms with Crippen molar-refractivity contribution in [3.8, 4) is 16.9 Å². The summed E-state index contributed by atoms with van der Waals surface area (Å²) in [5.74, 6) is 0.774. The maximum absolute atomic E-state index is 14.0. The molecule has 0 aliphatic carbocycles. The maximum Gasteiger partial charge on any atom is 0.264 e. The van der Waals surface area contributed by atoms with E-state index in [4.69, 9.17) is 9.84 Å². The van der Waals surface area contributed by atoms with Gasteiger partial charge in [-0.3, -0.25) is 4.98 Å². The number of fused-ring (bicyclic) bond motifs is 1. The molecule has 0 bridgehead atoms. The summed E-state index contributed by atoms with van der Waals surface area (Å²) in [5.41, 5.74) is 3.34. The number of aliphatic hydroxyl groups is 2. The molecule has 3 aromatic carbocycles. The normalized spacial score (nSPS) is 13.1. The van der Waals surface area contributed by atoms with Crippen LogP contribution in [0.3, 0.4) is 0 Å². The zero-order valence-electron chi connectivity index (χ0n) is 19.6. The minimum absolute atomic E-state index is 0.0375. The van der Waals surface area contributed by atoms with Gasteiger partial charge in [0, 0.05) is 35.7 Å². The highest BCUT2D eigenvalue weighted by molar-refractivity contribution is 6.08. The lowest BCUT2D eigenvalue weighted by Crippen LogP contribution is -2.10. The lowest BCUT2D eigenvalue weighted by Gasteiger charge is -2.22. The lowest BCUT2D eigenvalue weighted by molar-refractivity contribution is 0.102. The fourth-order valence-corrected chi connectivity index (χ4v) is 4.40. The van der Waals surface area contributed by atoms with Crippen molar-refractivity contribution in [2.45, 2.75) is 45.6 Å². The van der Waals surface area contributed by atoms with E-state index in [1.165, 1.54) is 6.07 Å². The highest BCUT2D eigenvalue weighted by atomic mass is 19.3. The molecule has 2 heterocycles. The summed E-state index contributed by atoms with van der Waals surface area (Å²) >= 11 is 0. The van der Waals surface area contributed by atoms with Gasteiger partial charge in [-0.05, 0) is 78.9 Å². The molecule has 4 aromatic rings. The third kappa shape index (κ3) is 4.88. The second-order valence-corrected chi connectivity index (χ2v) is 9.39. The van der Waals surface area contributed by atoms with Crippen molar-refractivity contribution in [2.75, 3.05) is 13.2 Å². The largest absolute Gasteiger partial charge is 0.493 e. The molecule has 34 heavy (non-hydrogen) atoms.